The zero-order chi connectivity index (χ0) is 34.6. The first-order valence-corrected chi connectivity index (χ1v) is 16.4. The van der Waals surface area contributed by atoms with E-state index >= 15 is 0 Å². The van der Waals surface area contributed by atoms with Crippen LogP contribution in [0.2, 0.25) is 0 Å². The van der Waals surface area contributed by atoms with Crippen molar-refractivity contribution in [3.63, 3.8) is 0 Å². The molecule has 4 aliphatic rings. The Bertz CT molecular complexity index is 2160. The number of carbonyl (C=O) groups excluding carboxylic acids is 4. The van der Waals surface area contributed by atoms with Crippen LogP contribution in [-0.4, -0.2) is 55.7 Å². The second-order valence-electron chi connectivity index (χ2n) is 13.0. The van der Waals surface area contributed by atoms with Gasteiger partial charge in [-0.1, -0.05) is 54.1 Å². The summed E-state index contributed by atoms with van der Waals surface area (Å²) in [5.41, 5.74) is 1.37. The van der Waals surface area contributed by atoms with Gasteiger partial charge in [0.15, 0.2) is 9.75 Å². The third-order valence-corrected chi connectivity index (χ3v) is 12.0. The second kappa shape index (κ2) is 11.0. The highest BCUT2D eigenvalue weighted by Crippen LogP contribution is 2.66. The minimum atomic E-state index is -2.13. The van der Waals surface area contributed by atoms with Crippen molar-refractivity contribution in [1.29, 1.82) is 0 Å². The van der Waals surface area contributed by atoms with E-state index in [0.29, 0.717) is 21.9 Å². The smallest absolute Gasteiger partial charge is 0.488 e. The molecule has 1 saturated carbocycles. The number of fused-ring (bicyclic) bond motifs is 5. The lowest BCUT2D eigenvalue weighted by Gasteiger charge is -2.51. The third kappa shape index (κ3) is 4.26. The van der Waals surface area contributed by atoms with Gasteiger partial charge in [-0.2, -0.15) is 0 Å². The van der Waals surface area contributed by atoms with E-state index in [2.05, 4.69) is 0 Å². The molecule has 2 heterocycles. The van der Waals surface area contributed by atoms with Gasteiger partial charge in [-0.25, -0.2) is 9.29 Å². The summed E-state index contributed by atoms with van der Waals surface area (Å²) in [6.07, 6.45) is 1.67. The van der Waals surface area contributed by atoms with E-state index in [-0.39, 0.29) is 35.4 Å². The maximum absolute atomic E-state index is 14.6. The lowest BCUT2D eigenvalue weighted by atomic mass is 9.56. The first kappa shape index (κ1) is 31.7. The quantitative estimate of drug-likeness (QED) is 0.126. The van der Waals surface area contributed by atoms with Crippen molar-refractivity contribution in [1.82, 2.24) is 0 Å². The van der Waals surface area contributed by atoms with Crippen molar-refractivity contribution in [3.05, 3.63) is 108 Å². The number of nitrogens with zero attached hydrogens (tertiary/aromatic N) is 2. The molecule has 3 fully saturated rings. The summed E-state index contributed by atoms with van der Waals surface area (Å²) in [4.78, 5) is 55.1. The molecule has 3 N–H and O–H groups in total. The Morgan fingerprint density at radius 1 is 0.776 bits per heavy atom. The third-order valence-electron chi connectivity index (χ3n) is 10.6. The van der Waals surface area contributed by atoms with Crippen LogP contribution in [-0.2, 0) is 19.2 Å². The maximum atomic E-state index is 14.6. The van der Waals surface area contributed by atoms with Crippen LogP contribution < -0.4 is 15.3 Å². The van der Waals surface area contributed by atoms with E-state index in [1.165, 1.54) is 42.5 Å². The van der Waals surface area contributed by atoms with Crippen LogP contribution in [0.15, 0.2) is 96.6 Å². The highest BCUT2D eigenvalue weighted by Gasteiger charge is 2.76. The summed E-state index contributed by atoms with van der Waals surface area (Å²) < 4.78 is 13.9. The topological polar surface area (TPSA) is 135 Å². The number of alkyl halides is 2. The van der Waals surface area contributed by atoms with Gasteiger partial charge in [0, 0.05) is 11.3 Å². The molecule has 49 heavy (non-hydrogen) atoms. The van der Waals surface area contributed by atoms with Crippen molar-refractivity contribution in [3.8, 4) is 5.75 Å². The van der Waals surface area contributed by atoms with E-state index in [4.69, 9.17) is 23.2 Å². The van der Waals surface area contributed by atoms with Crippen LogP contribution in [0.3, 0.4) is 0 Å². The molecule has 4 amide bonds. The van der Waals surface area contributed by atoms with Crippen molar-refractivity contribution in [2.24, 2.45) is 17.8 Å². The fourth-order valence-electron chi connectivity index (χ4n) is 8.38. The van der Waals surface area contributed by atoms with Gasteiger partial charge < -0.3 is 15.2 Å². The number of carbonyl (C=O) groups is 4. The van der Waals surface area contributed by atoms with Crippen LogP contribution in [0.4, 0.5) is 15.8 Å². The number of allylic oxidation sites excluding steroid dienone is 2. The van der Waals surface area contributed by atoms with Gasteiger partial charge in [0.1, 0.15) is 11.6 Å². The summed E-state index contributed by atoms with van der Waals surface area (Å²) in [5, 5.41) is 31.3. The summed E-state index contributed by atoms with van der Waals surface area (Å²) in [6, 6.07) is 20.7. The van der Waals surface area contributed by atoms with Crippen LogP contribution in [0.1, 0.15) is 24.3 Å². The second-order valence-corrected chi connectivity index (χ2v) is 14.2. The number of hydrogen-bond donors (Lipinski definition) is 3. The average Bonchev–Trinajstić information content (AvgIpc) is 3.43. The van der Waals surface area contributed by atoms with Gasteiger partial charge >= 0.3 is 7.12 Å². The Hall–Kier alpha value is -4.55. The fraction of sp³-hybridized carbons (Fsp3) is 0.222. The van der Waals surface area contributed by atoms with Gasteiger partial charge in [-0.05, 0) is 77.6 Å². The van der Waals surface area contributed by atoms with E-state index < -0.39 is 70.0 Å². The van der Waals surface area contributed by atoms with E-state index in [0.717, 1.165) is 21.9 Å². The predicted molar refractivity (Wildman–Crippen MR) is 181 cm³/mol. The molecule has 246 valence electrons. The first-order chi connectivity index (χ1) is 23.4. The number of aromatic hydroxyl groups is 1. The van der Waals surface area contributed by atoms with Gasteiger partial charge in [0.2, 0.25) is 11.8 Å². The zero-order valence-corrected chi connectivity index (χ0v) is 27.0. The number of imide groups is 2. The highest BCUT2D eigenvalue weighted by molar-refractivity contribution is 6.59. The first-order valence-electron chi connectivity index (χ1n) is 15.7. The minimum absolute atomic E-state index is 0.0191. The Morgan fingerprint density at radius 2 is 1.49 bits per heavy atom. The lowest BCUT2D eigenvalue weighted by molar-refractivity contribution is -0.125. The number of amides is 4. The standard InChI is InChI=1S/C36H26BCl2FN2O7/c38-35-17-27-25(12-13-26-29(27)32(45)41(31(26)44)21-5-3-4-18(16-21)37(48)49)30(24-14-15-28(43)23-7-2-1-6-22(23)24)36(35,39)34(47)42(33(35)46)20-10-8-19(40)9-11-20/h1-12,14-16,26-27,29-30,43,48-49H,13,17H2. The number of anilines is 2. The van der Waals surface area contributed by atoms with E-state index in [1.54, 1.807) is 36.4 Å². The Kier molecular flexibility index (Phi) is 7.11. The van der Waals surface area contributed by atoms with Gasteiger partial charge in [-0.3, -0.25) is 24.1 Å². The molecule has 2 aliphatic carbocycles. The van der Waals surface area contributed by atoms with Crippen molar-refractivity contribution >= 4 is 81.6 Å². The summed E-state index contributed by atoms with van der Waals surface area (Å²) in [5.74, 6) is -7.03. The van der Waals surface area contributed by atoms with Crippen molar-refractivity contribution in [2.75, 3.05) is 9.80 Å². The predicted octanol–water partition coefficient (Wildman–Crippen LogP) is 4.13. The normalized spacial score (nSPS) is 29.2. The van der Waals surface area contributed by atoms with Crippen LogP contribution in [0.5, 0.6) is 5.75 Å². The molecule has 6 atom stereocenters. The monoisotopic (exact) mass is 698 g/mol. The lowest BCUT2D eigenvalue weighted by Crippen LogP contribution is -2.60. The molecule has 0 spiro atoms. The number of halogens is 3. The molecular weight excluding hydrogens is 673 g/mol. The number of phenols is 1. The number of hydrogen-bond acceptors (Lipinski definition) is 7. The molecule has 0 radical (unpaired) electrons. The molecule has 0 aromatic heterocycles. The molecule has 8 rings (SSSR count). The van der Waals surface area contributed by atoms with Gasteiger partial charge in [-0.15, -0.1) is 23.2 Å². The maximum Gasteiger partial charge on any atom is 0.488 e. The summed E-state index contributed by atoms with van der Waals surface area (Å²) in [6.45, 7) is 0. The van der Waals surface area contributed by atoms with E-state index in [9.17, 15) is 38.7 Å². The molecule has 2 aliphatic heterocycles. The van der Waals surface area contributed by atoms with E-state index in [1.807, 2.05) is 0 Å². The molecule has 13 heteroatoms. The summed E-state index contributed by atoms with van der Waals surface area (Å²) in [7, 11) is -1.83. The minimum Gasteiger partial charge on any atom is -0.507 e. The molecule has 9 nitrogen and oxygen atoms in total. The molecule has 6 unspecified atom stereocenters. The molecular formula is C36H26BCl2FN2O7. The number of phenolic OH excluding ortho intramolecular Hbond substituents is 1. The largest absolute Gasteiger partial charge is 0.507 e. The molecule has 4 aromatic rings. The Balaban J connectivity index is 1.32. The highest BCUT2D eigenvalue weighted by atomic mass is 35.5. The van der Waals surface area contributed by atoms with Gasteiger partial charge in [0.25, 0.3) is 11.8 Å². The Morgan fingerprint density at radius 3 is 2.20 bits per heavy atom. The molecule has 2 saturated heterocycles. The van der Waals surface area contributed by atoms with Crippen LogP contribution in [0, 0.1) is 23.6 Å². The summed E-state index contributed by atoms with van der Waals surface area (Å²) >= 11 is 14.9. The SMILES string of the molecule is O=C1C2CC=C3C(CC4(Cl)C(=O)N(c5ccc(F)cc5)C(=O)C4(Cl)C3c3ccc(O)c4ccccc34)C2C(=O)N1c1cccc(B(O)O)c1. The van der Waals surface area contributed by atoms with Crippen LogP contribution in [0.25, 0.3) is 10.8 Å². The van der Waals surface area contributed by atoms with Gasteiger partial charge in [0.05, 0.1) is 23.2 Å². The molecule has 0 bridgehead atoms. The Labute approximate surface area is 289 Å². The van der Waals surface area contributed by atoms with Crippen molar-refractivity contribution in [2.45, 2.75) is 28.5 Å². The average molecular weight is 699 g/mol. The fourth-order valence-corrected chi connectivity index (χ4v) is 9.31. The van der Waals surface area contributed by atoms with Crippen molar-refractivity contribution < 1.29 is 38.7 Å². The molecule has 4 aromatic carbocycles. The number of rotatable bonds is 4. The zero-order valence-electron chi connectivity index (χ0n) is 25.5. The number of benzene rings is 4. The van der Waals surface area contributed by atoms with Crippen LogP contribution >= 0.6 is 23.2 Å².